The molecule has 9 nitrogen and oxygen atoms in total. The molecule has 1 fully saturated rings. The Kier molecular flexibility index (Phi) is 5.75. The number of nitrogens with zero attached hydrogens (tertiary/aromatic N) is 3. The molecule has 0 radical (unpaired) electrons. The minimum absolute atomic E-state index is 0.0439. The number of rotatable bonds is 8. The van der Waals surface area contributed by atoms with Crippen LogP contribution in [0, 0.1) is 0 Å². The Bertz CT molecular complexity index is 535. The molecule has 4 amide bonds. The summed E-state index contributed by atoms with van der Waals surface area (Å²) >= 11 is 1.43. The Morgan fingerprint density at radius 1 is 1.50 bits per heavy atom. The first-order valence-electron chi connectivity index (χ1n) is 6.98. The van der Waals surface area contributed by atoms with E-state index in [-0.39, 0.29) is 18.2 Å². The van der Waals surface area contributed by atoms with Crippen molar-refractivity contribution >= 4 is 29.6 Å². The zero-order chi connectivity index (χ0) is 15.9. The van der Waals surface area contributed by atoms with Crippen LogP contribution in [0.5, 0.6) is 0 Å². The largest absolute Gasteiger partial charge is 0.355 e. The molecule has 2 rings (SSSR count). The van der Waals surface area contributed by atoms with E-state index < -0.39 is 12.1 Å². The van der Waals surface area contributed by atoms with E-state index in [0.717, 1.165) is 4.90 Å². The second-order valence-electron chi connectivity index (χ2n) is 4.69. The normalized spacial score (nSPS) is 17.7. The molecular weight excluding hydrogens is 308 g/mol. The number of aromatic nitrogens is 3. The van der Waals surface area contributed by atoms with Crippen molar-refractivity contribution in [2.45, 2.75) is 31.0 Å². The van der Waals surface area contributed by atoms with Crippen molar-refractivity contribution in [1.29, 1.82) is 0 Å². The molecule has 1 atom stereocenters. The topological polar surface area (TPSA) is 120 Å². The maximum atomic E-state index is 12.0. The molecule has 22 heavy (non-hydrogen) atoms. The van der Waals surface area contributed by atoms with Gasteiger partial charge in [-0.1, -0.05) is 18.7 Å². The lowest BCUT2D eigenvalue weighted by atomic mass is 10.2. The zero-order valence-electron chi connectivity index (χ0n) is 12.2. The SMILES string of the molecule is CCCN1C(=O)N[C@H](CC(=O)NCCSc2ncn[nH]2)C1=O. The lowest BCUT2D eigenvalue weighted by Crippen LogP contribution is -2.37. The van der Waals surface area contributed by atoms with E-state index in [1.165, 1.54) is 18.1 Å². The van der Waals surface area contributed by atoms with Crippen molar-refractivity contribution in [3.63, 3.8) is 0 Å². The maximum absolute atomic E-state index is 12.0. The summed E-state index contributed by atoms with van der Waals surface area (Å²) in [4.78, 5) is 40.5. The van der Waals surface area contributed by atoms with E-state index in [2.05, 4.69) is 25.8 Å². The number of imide groups is 1. The van der Waals surface area contributed by atoms with Gasteiger partial charge in [0.1, 0.15) is 12.4 Å². The molecule has 120 valence electrons. The summed E-state index contributed by atoms with van der Waals surface area (Å²) in [7, 11) is 0. The number of amides is 4. The average Bonchev–Trinajstić information content (AvgIpc) is 3.08. The van der Waals surface area contributed by atoms with E-state index in [9.17, 15) is 14.4 Å². The number of aromatic amines is 1. The molecule has 0 unspecified atom stereocenters. The lowest BCUT2D eigenvalue weighted by molar-refractivity contribution is -0.130. The molecule has 1 aliphatic heterocycles. The number of thioether (sulfide) groups is 1. The Labute approximate surface area is 131 Å². The van der Waals surface area contributed by atoms with E-state index in [1.807, 2.05) is 6.92 Å². The molecule has 0 aromatic carbocycles. The van der Waals surface area contributed by atoms with Crippen LogP contribution in [0.1, 0.15) is 19.8 Å². The second-order valence-corrected chi connectivity index (χ2v) is 5.77. The van der Waals surface area contributed by atoms with Gasteiger partial charge in [0.15, 0.2) is 5.16 Å². The van der Waals surface area contributed by atoms with Gasteiger partial charge < -0.3 is 10.6 Å². The third-order valence-electron chi connectivity index (χ3n) is 3.00. The number of carbonyl (C=O) groups is 3. The van der Waals surface area contributed by atoms with Crippen LogP contribution >= 0.6 is 11.8 Å². The van der Waals surface area contributed by atoms with E-state index in [1.54, 1.807) is 0 Å². The van der Waals surface area contributed by atoms with Crippen LogP contribution in [-0.4, -0.2) is 62.8 Å². The minimum Gasteiger partial charge on any atom is -0.355 e. The lowest BCUT2D eigenvalue weighted by Gasteiger charge is -2.11. The summed E-state index contributed by atoms with van der Waals surface area (Å²) in [6.45, 7) is 2.70. The number of H-pyrrole nitrogens is 1. The highest BCUT2D eigenvalue weighted by molar-refractivity contribution is 7.99. The first-order chi connectivity index (χ1) is 10.6. The highest BCUT2D eigenvalue weighted by Gasteiger charge is 2.38. The van der Waals surface area contributed by atoms with Crippen LogP contribution in [0.2, 0.25) is 0 Å². The molecule has 0 bridgehead atoms. The zero-order valence-corrected chi connectivity index (χ0v) is 13.0. The molecule has 0 saturated carbocycles. The van der Waals surface area contributed by atoms with Gasteiger partial charge in [-0.2, -0.15) is 5.10 Å². The minimum atomic E-state index is -0.763. The number of nitrogens with one attached hydrogen (secondary N) is 3. The molecule has 1 saturated heterocycles. The standard InChI is InChI=1S/C12H18N6O3S/c1-2-4-18-10(20)8(16-12(18)21)6-9(19)13-3-5-22-11-14-7-15-17-11/h7-8H,2-6H2,1H3,(H,13,19)(H,16,21)(H,14,15,17)/t8-/m1/s1. The predicted molar refractivity (Wildman–Crippen MR) is 79.1 cm³/mol. The molecule has 3 N–H and O–H groups in total. The van der Waals surface area contributed by atoms with E-state index in [4.69, 9.17) is 0 Å². The third kappa shape index (κ3) is 4.20. The predicted octanol–water partition coefficient (Wildman–Crippen LogP) is -0.266. The molecular formula is C12H18N6O3S. The summed E-state index contributed by atoms with van der Waals surface area (Å²) in [5, 5.41) is 12.3. The Balaban J connectivity index is 1.68. The first-order valence-corrected chi connectivity index (χ1v) is 7.97. The number of urea groups is 1. The Hall–Kier alpha value is -2.10. The third-order valence-corrected chi connectivity index (χ3v) is 3.88. The van der Waals surface area contributed by atoms with Crippen molar-refractivity contribution < 1.29 is 14.4 Å². The van der Waals surface area contributed by atoms with Crippen molar-refractivity contribution in [2.24, 2.45) is 0 Å². The summed E-state index contributed by atoms with van der Waals surface area (Å²) in [6.07, 6.45) is 2.06. The van der Waals surface area contributed by atoms with Gasteiger partial charge in [-0.15, -0.1) is 0 Å². The summed E-state index contributed by atoms with van der Waals surface area (Å²) in [6, 6.07) is -1.19. The molecule has 2 heterocycles. The van der Waals surface area contributed by atoms with Crippen LogP contribution in [0.25, 0.3) is 0 Å². The highest BCUT2D eigenvalue weighted by Crippen LogP contribution is 2.11. The quantitative estimate of drug-likeness (QED) is 0.344. The van der Waals surface area contributed by atoms with Gasteiger partial charge >= 0.3 is 6.03 Å². The van der Waals surface area contributed by atoms with Gasteiger partial charge in [-0.3, -0.25) is 19.6 Å². The number of carbonyl (C=O) groups excluding carboxylic acids is 3. The van der Waals surface area contributed by atoms with Gasteiger partial charge in [0.25, 0.3) is 5.91 Å². The second kappa shape index (κ2) is 7.78. The molecule has 1 aromatic rings. The fourth-order valence-corrected chi connectivity index (χ4v) is 2.65. The van der Waals surface area contributed by atoms with E-state index >= 15 is 0 Å². The summed E-state index contributed by atoms with van der Waals surface area (Å²) in [5.74, 6) is 0.0293. The van der Waals surface area contributed by atoms with Crippen molar-refractivity contribution in [3.8, 4) is 0 Å². The van der Waals surface area contributed by atoms with Gasteiger partial charge in [0, 0.05) is 18.8 Å². The fourth-order valence-electron chi connectivity index (χ4n) is 2.01. The van der Waals surface area contributed by atoms with Gasteiger partial charge in [-0.25, -0.2) is 9.78 Å². The number of hydrogen-bond donors (Lipinski definition) is 3. The maximum Gasteiger partial charge on any atom is 0.324 e. The van der Waals surface area contributed by atoms with Crippen molar-refractivity contribution in [2.75, 3.05) is 18.8 Å². The molecule has 10 heteroatoms. The summed E-state index contributed by atoms with van der Waals surface area (Å²) < 4.78 is 0. The van der Waals surface area contributed by atoms with Gasteiger partial charge in [0.05, 0.1) is 6.42 Å². The van der Waals surface area contributed by atoms with Crippen LogP contribution < -0.4 is 10.6 Å². The van der Waals surface area contributed by atoms with Crippen LogP contribution in [0.3, 0.4) is 0 Å². The summed E-state index contributed by atoms with van der Waals surface area (Å²) in [5.41, 5.74) is 0. The molecule has 0 spiro atoms. The Morgan fingerprint density at radius 3 is 3.00 bits per heavy atom. The van der Waals surface area contributed by atoms with Crippen molar-refractivity contribution in [1.82, 2.24) is 30.7 Å². The van der Waals surface area contributed by atoms with Crippen LogP contribution in [0.4, 0.5) is 4.79 Å². The monoisotopic (exact) mass is 326 g/mol. The smallest absolute Gasteiger partial charge is 0.324 e. The van der Waals surface area contributed by atoms with Crippen molar-refractivity contribution in [3.05, 3.63) is 6.33 Å². The fraction of sp³-hybridized carbons (Fsp3) is 0.583. The van der Waals surface area contributed by atoms with Crippen LogP contribution in [-0.2, 0) is 9.59 Å². The van der Waals surface area contributed by atoms with Gasteiger partial charge in [-0.05, 0) is 6.42 Å². The molecule has 1 aliphatic rings. The average molecular weight is 326 g/mol. The Morgan fingerprint density at radius 2 is 2.32 bits per heavy atom. The number of hydrogen-bond acceptors (Lipinski definition) is 6. The van der Waals surface area contributed by atoms with E-state index in [0.29, 0.717) is 30.4 Å². The molecule has 0 aliphatic carbocycles. The highest BCUT2D eigenvalue weighted by atomic mass is 32.2. The molecule has 1 aromatic heterocycles. The van der Waals surface area contributed by atoms with Crippen LogP contribution in [0.15, 0.2) is 11.5 Å². The van der Waals surface area contributed by atoms with Gasteiger partial charge in [0.2, 0.25) is 5.91 Å². The first kappa shape index (κ1) is 16.3.